The molecule has 5 nitrogen and oxygen atoms in total. The van der Waals surface area contributed by atoms with E-state index in [4.69, 9.17) is 5.73 Å². The Balaban J connectivity index is 2.08. The molecule has 3 rings (SSSR count). The van der Waals surface area contributed by atoms with Crippen molar-refractivity contribution in [3.63, 3.8) is 0 Å². The molecular formula is C12H17N5. The predicted octanol–water partition coefficient (Wildman–Crippen LogP) is 1.45. The summed E-state index contributed by atoms with van der Waals surface area (Å²) in [5.41, 5.74) is 10.3. The van der Waals surface area contributed by atoms with E-state index in [0.29, 0.717) is 0 Å². The molecule has 0 saturated heterocycles. The molecule has 2 aromatic heterocycles. The highest BCUT2D eigenvalue weighted by atomic mass is 15.3. The van der Waals surface area contributed by atoms with Gasteiger partial charge in [0.1, 0.15) is 5.69 Å². The van der Waals surface area contributed by atoms with Gasteiger partial charge in [0.2, 0.25) is 0 Å². The average Bonchev–Trinajstić information content (AvgIpc) is 2.82. The second-order valence-electron chi connectivity index (χ2n) is 4.74. The Kier molecular flexibility index (Phi) is 2.29. The number of nitrogens with two attached hydrogens (primary N) is 1. The topological polar surface area (TPSA) is 72.5 Å². The maximum atomic E-state index is 6.08. The van der Waals surface area contributed by atoms with Gasteiger partial charge >= 0.3 is 0 Å². The van der Waals surface area contributed by atoms with Crippen LogP contribution in [0.4, 0.5) is 0 Å². The van der Waals surface area contributed by atoms with Gasteiger partial charge in [0.05, 0.1) is 11.4 Å². The fourth-order valence-electron chi connectivity index (χ4n) is 2.51. The van der Waals surface area contributed by atoms with Crippen LogP contribution in [0, 0.1) is 6.92 Å². The minimum atomic E-state index is 0.0816. The third-order valence-electron chi connectivity index (χ3n) is 3.35. The Bertz CT molecular complexity index is 551. The molecule has 0 fully saturated rings. The van der Waals surface area contributed by atoms with Gasteiger partial charge in [-0.15, -0.1) is 0 Å². The first-order valence-corrected chi connectivity index (χ1v) is 6.00. The third-order valence-corrected chi connectivity index (χ3v) is 3.35. The predicted molar refractivity (Wildman–Crippen MR) is 65.4 cm³/mol. The number of rotatable bonds is 1. The molecule has 2 heterocycles. The smallest absolute Gasteiger partial charge is 0.156 e. The maximum absolute atomic E-state index is 6.08. The van der Waals surface area contributed by atoms with Gasteiger partial charge in [-0.05, 0) is 32.3 Å². The van der Waals surface area contributed by atoms with E-state index in [1.54, 1.807) is 0 Å². The number of aromatic nitrogens is 4. The number of aryl methyl sites for hydroxylation is 3. The molecule has 90 valence electrons. The number of imidazole rings is 1. The first-order valence-electron chi connectivity index (χ1n) is 6.00. The summed E-state index contributed by atoms with van der Waals surface area (Å²) in [7, 11) is 1.93. The fraction of sp³-hybridized carbons (Fsp3) is 0.500. The molecule has 0 amide bonds. The summed E-state index contributed by atoms with van der Waals surface area (Å²) in [5, 5.41) is 4.34. The second-order valence-corrected chi connectivity index (χ2v) is 4.74. The lowest BCUT2D eigenvalue weighted by atomic mass is 9.97. The molecule has 1 atom stereocenters. The standard InChI is InChI=1S/C12H17N5/c1-7-6-10(17(2)16-7)12-14-9-5-3-4-8(13)11(9)15-12/h6,8H,3-5,13H2,1-2H3,(H,14,15). The molecule has 1 unspecified atom stereocenters. The highest BCUT2D eigenvalue weighted by molar-refractivity contribution is 5.52. The van der Waals surface area contributed by atoms with Crippen LogP contribution in [0.25, 0.3) is 11.5 Å². The summed E-state index contributed by atoms with van der Waals surface area (Å²) < 4.78 is 1.85. The Labute approximate surface area is 100 Å². The summed E-state index contributed by atoms with van der Waals surface area (Å²) in [6, 6.07) is 2.12. The minimum absolute atomic E-state index is 0.0816. The van der Waals surface area contributed by atoms with Gasteiger partial charge < -0.3 is 10.7 Å². The normalized spacial score (nSPS) is 19.4. The van der Waals surface area contributed by atoms with Crippen molar-refractivity contribution in [1.29, 1.82) is 0 Å². The summed E-state index contributed by atoms with van der Waals surface area (Å²) in [6.07, 6.45) is 3.22. The van der Waals surface area contributed by atoms with Crippen LogP contribution in [-0.2, 0) is 13.5 Å². The zero-order chi connectivity index (χ0) is 12.0. The number of fused-ring (bicyclic) bond motifs is 1. The van der Waals surface area contributed by atoms with Gasteiger partial charge in [-0.25, -0.2) is 4.98 Å². The average molecular weight is 231 g/mol. The number of aromatic amines is 1. The third kappa shape index (κ3) is 1.67. The van der Waals surface area contributed by atoms with Crippen molar-refractivity contribution in [2.45, 2.75) is 32.2 Å². The van der Waals surface area contributed by atoms with Crippen LogP contribution < -0.4 is 5.73 Å². The molecule has 1 aliphatic carbocycles. The summed E-state index contributed by atoms with van der Waals surface area (Å²) >= 11 is 0. The van der Waals surface area contributed by atoms with Crippen LogP contribution in [0.5, 0.6) is 0 Å². The number of H-pyrrole nitrogens is 1. The Morgan fingerprint density at radius 2 is 2.35 bits per heavy atom. The van der Waals surface area contributed by atoms with Crippen LogP contribution in [0.1, 0.15) is 36.0 Å². The lowest BCUT2D eigenvalue weighted by Crippen LogP contribution is -2.17. The summed E-state index contributed by atoms with van der Waals surface area (Å²) in [4.78, 5) is 8.02. The fourth-order valence-corrected chi connectivity index (χ4v) is 2.51. The quantitative estimate of drug-likeness (QED) is 0.780. The summed E-state index contributed by atoms with van der Waals surface area (Å²) in [6.45, 7) is 1.98. The molecule has 2 aromatic rings. The van der Waals surface area contributed by atoms with Crippen LogP contribution >= 0.6 is 0 Å². The molecule has 0 aliphatic heterocycles. The van der Waals surface area contributed by atoms with Gasteiger partial charge in [0.25, 0.3) is 0 Å². The Morgan fingerprint density at radius 3 is 3.00 bits per heavy atom. The largest absolute Gasteiger partial charge is 0.340 e. The SMILES string of the molecule is Cc1cc(-c2nc3c([nH]2)CCCC3N)n(C)n1. The van der Waals surface area contributed by atoms with Crippen molar-refractivity contribution in [3.05, 3.63) is 23.1 Å². The van der Waals surface area contributed by atoms with Gasteiger partial charge in [-0.1, -0.05) is 0 Å². The van der Waals surface area contributed by atoms with E-state index in [1.165, 1.54) is 5.69 Å². The van der Waals surface area contributed by atoms with Crippen molar-refractivity contribution in [2.24, 2.45) is 12.8 Å². The Morgan fingerprint density at radius 1 is 1.53 bits per heavy atom. The zero-order valence-corrected chi connectivity index (χ0v) is 10.2. The van der Waals surface area contributed by atoms with E-state index >= 15 is 0 Å². The van der Waals surface area contributed by atoms with Gasteiger partial charge in [-0.2, -0.15) is 5.10 Å². The molecule has 0 spiro atoms. The van der Waals surface area contributed by atoms with E-state index in [2.05, 4.69) is 15.1 Å². The highest BCUT2D eigenvalue weighted by Crippen LogP contribution is 2.28. The molecular weight excluding hydrogens is 214 g/mol. The van der Waals surface area contributed by atoms with Crippen LogP contribution in [-0.4, -0.2) is 19.7 Å². The van der Waals surface area contributed by atoms with Crippen molar-refractivity contribution < 1.29 is 0 Å². The van der Waals surface area contributed by atoms with Crippen LogP contribution in [0.3, 0.4) is 0 Å². The van der Waals surface area contributed by atoms with Gasteiger partial charge in [0, 0.05) is 18.8 Å². The van der Waals surface area contributed by atoms with E-state index in [9.17, 15) is 0 Å². The molecule has 0 aromatic carbocycles. The number of hydrogen-bond acceptors (Lipinski definition) is 3. The molecule has 5 heteroatoms. The van der Waals surface area contributed by atoms with Crippen molar-refractivity contribution in [2.75, 3.05) is 0 Å². The van der Waals surface area contributed by atoms with Gasteiger partial charge in [-0.3, -0.25) is 4.68 Å². The summed E-state index contributed by atoms with van der Waals surface area (Å²) in [5.74, 6) is 0.885. The van der Waals surface area contributed by atoms with Gasteiger partial charge in [0.15, 0.2) is 5.82 Å². The van der Waals surface area contributed by atoms with Crippen LogP contribution in [0.15, 0.2) is 6.07 Å². The molecule has 0 saturated carbocycles. The molecule has 0 radical (unpaired) electrons. The number of nitrogens with zero attached hydrogens (tertiary/aromatic N) is 3. The molecule has 0 bridgehead atoms. The van der Waals surface area contributed by atoms with Crippen molar-refractivity contribution in [1.82, 2.24) is 19.7 Å². The lowest BCUT2D eigenvalue weighted by Gasteiger charge is -2.15. The minimum Gasteiger partial charge on any atom is -0.340 e. The van der Waals surface area contributed by atoms with E-state index in [-0.39, 0.29) is 6.04 Å². The first-order chi connectivity index (χ1) is 8.15. The van der Waals surface area contributed by atoms with Crippen molar-refractivity contribution >= 4 is 0 Å². The Hall–Kier alpha value is -1.62. The monoisotopic (exact) mass is 231 g/mol. The number of hydrogen-bond donors (Lipinski definition) is 2. The van der Waals surface area contributed by atoms with E-state index in [1.807, 2.05) is 24.7 Å². The van der Waals surface area contributed by atoms with E-state index < -0.39 is 0 Å². The molecule has 3 N–H and O–H groups in total. The van der Waals surface area contributed by atoms with Crippen LogP contribution in [0.2, 0.25) is 0 Å². The molecule has 17 heavy (non-hydrogen) atoms. The second kappa shape index (κ2) is 3.70. The number of nitrogens with one attached hydrogen (secondary N) is 1. The first kappa shape index (κ1) is 10.5. The lowest BCUT2D eigenvalue weighted by molar-refractivity contribution is 0.555. The zero-order valence-electron chi connectivity index (χ0n) is 10.2. The maximum Gasteiger partial charge on any atom is 0.156 e. The van der Waals surface area contributed by atoms with Crippen molar-refractivity contribution in [3.8, 4) is 11.5 Å². The van der Waals surface area contributed by atoms with E-state index in [0.717, 1.165) is 42.2 Å². The highest BCUT2D eigenvalue weighted by Gasteiger charge is 2.22. The molecule has 1 aliphatic rings.